The summed E-state index contributed by atoms with van der Waals surface area (Å²) < 4.78 is 25.4. The lowest BCUT2D eigenvalue weighted by Crippen LogP contribution is -2.34. The van der Waals surface area contributed by atoms with Crippen molar-refractivity contribution < 1.29 is 13.2 Å². The molecular weight excluding hydrogens is 407 g/mol. The number of nitrogens with zero attached hydrogens (tertiary/aromatic N) is 1. The van der Waals surface area contributed by atoms with Crippen LogP contribution in [0.25, 0.3) is 0 Å². The molecule has 0 spiro atoms. The van der Waals surface area contributed by atoms with Crippen molar-refractivity contribution in [3.05, 3.63) is 63.1 Å². The summed E-state index contributed by atoms with van der Waals surface area (Å²) in [5, 5.41) is 3.94. The van der Waals surface area contributed by atoms with Crippen LogP contribution in [0, 0.1) is 0 Å². The molecule has 2 aromatic carbocycles. The van der Waals surface area contributed by atoms with E-state index in [0.717, 1.165) is 11.1 Å². The van der Waals surface area contributed by atoms with E-state index in [1.54, 1.807) is 36.4 Å². The van der Waals surface area contributed by atoms with Crippen molar-refractivity contribution in [1.82, 2.24) is 5.32 Å². The minimum absolute atomic E-state index is 0.167. The van der Waals surface area contributed by atoms with E-state index in [-0.39, 0.29) is 18.0 Å². The summed E-state index contributed by atoms with van der Waals surface area (Å²) in [6, 6.07) is 9.75. The molecule has 1 N–H and O–H groups in total. The maximum absolute atomic E-state index is 12.7. The van der Waals surface area contributed by atoms with Gasteiger partial charge in [-0.1, -0.05) is 29.3 Å². The molecule has 0 aliphatic carbocycles. The third-order valence-corrected chi connectivity index (χ3v) is 6.46. The number of nitrogens with one attached hydrogen (secondary N) is 1. The minimum atomic E-state index is -3.35. The molecule has 144 valence electrons. The molecule has 2 atom stereocenters. The van der Waals surface area contributed by atoms with Gasteiger partial charge in [-0.05, 0) is 61.7 Å². The van der Waals surface area contributed by atoms with Crippen LogP contribution in [0.5, 0.6) is 0 Å². The Morgan fingerprint density at radius 1 is 1.22 bits per heavy atom. The second kappa shape index (κ2) is 7.34. The summed E-state index contributed by atoms with van der Waals surface area (Å²) >= 11 is 12.1. The van der Waals surface area contributed by atoms with Gasteiger partial charge in [0.2, 0.25) is 10.0 Å². The molecule has 0 aromatic heterocycles. The lowest BCUT2D eigenvalue weighted by molar-refractivity contribution is 0.0940. The van der Waals surface area contributed by atoms with E-state index in [9.17, 15) is 13.2 Å². The second-order valence-electron chi connectivity index (χ2n) is 6.82. The van der Waals surface area contributed by atoms with Crippen molar-refractivity contribution >= 4 is 44.8 Å². The Morgan fingerprint density at radius 2 is 1.93 bits per heavy atom. The highest BCUT2D eigenvalue weighted by molar-refractivity contribution is 7.92. The normalized spacial score (nSPS) is 17.5. The van der Waals surface area contributed by atoms with Crippen molar-refractivity contribution in [2.75, 3.05) is 10.6 Å². The van der Waals surface area contributed by atoms with Gasteiger partial charge < -0.3 is 5.32 Å². The SMILES string of the molecule is C[C@@H](NC(=O)c1ccc2c(c1)C[C@H](C)N2S(C)(=O)=O)c1ccc(Cl)cc1Cl. The van der Waals surface area contributed by atoms with Crippen LogP contribution in [-0.2, 0) is 16.4 Å². The number of amides is 1. The zero-order chi connectivity index (χ0) is 19.9. The van der Waals surface area contributed by atoms with Gasteiger partial charge in [0.1, 0.15) is 0 Å². The van der Waals surface area contributed by atoms with Gasteiger partial charge in [-0.25, -0.2) is 8.42 Å². The van der Waals surface area contributed by atoms with Crippen LogP contribution in [0.3, 0.4) is 0 Å². The Kier molecular flexibility index (Phi) is 5.43. The summed E-state index contributed by atoms with van der Waals surface area (Å²) in [4.78, 5) is 12.7. The molecule has 0 saturated carbocycles. The van der Waals surface area contributed by atoms with Crippen LogP contribution < -0.4 is 9.62 Å². The van der Waals surface area contributed by atoms with Crippen LogP contribution in [0.4, 0.5) is 5.69 Å². The fourth-order valence-electron chi connectivity index (χ4n) is 3.46. The van der Waals surface area contributed by atoms with Gasteiger partial charge >= 0.3 is 0 Å². The number of halogens is 2. The molecule has 8 heteroatoms. The van der Waals surface area contributed by atoms with Crippen LogP contribution in [0.15, 0.2) is 36.4 Å². The molecule has 0 unspecified atom stereocenters. The molecule has 0 radical (unpaired) electrons. The number of anilines is 1. The first-order valence-electron chi connectivity index (χ1n) is 8.46. The van der Waals surface area contributed by atoms with E-state index in [2.05, 4.69) is 5.32 Å². The van der Waals surface area contributed by atoms with Gasteiger partial charge in [0, 0.05) is 21.7 Å². The monoisotopic (exact) mass is 426 g/mol. The highest BCUT2D eigenvalue weighted by Gasteiger charge is 2.32. The first kappa shape index (κ1) is 20.0. The highest BCUT2D eigenvalue weighted by atomic mass is 35.5. The summed E-state index contributed by atoms with van der Waals surface area (Å²) in [5.74, 6) is -0.248. The Hall–Kier alpha value is -1.76. The second-order valence-corrected chi connectivity index (χ2v) is 9.52. The number of hydrogen-bond donors (Lipinski definition) is 1. The Labute approximate surface area is 169 Å². The van der Waals surface area contributed by atoms with Crippen molar-refractivity contribution in [3.63, 3.8) is 0 Å². The summed E-state index contributed by atoms with van der Waals surface area (Å²) in [7, 11) is -3.35. The number of sulfonamides is 1. The lowest BCUT2D eigenvalue weighted by Gasteiger charge is -2.22. The van der Waals surface area contributed by atoms with E-state index >= 15 is 0 Å². The predicted molar refractivity (Wildman–Crippen MR) is 109 cm³/mol. The summed E-state index contributed by atoms with van der Waals surface area (Å²) in [6.07, 6.45) is 1.76. The van der Waals surface area contributed by atoms with Gasteiger partial charge in [-0.15, -0.1) is 0 Å². The van der Waals surface area contributed by atoms with Crippen LogP contribution >= 0.6 is 23.2 Å². The predicted octanol–water partition coefficient (Wildman–Crippen LogP) is 4.20. The molecule has 1 aliphatic rings. The molecule has 0 saturated heterocycles. The van der Waals surface area contributed by atoms with Gasteiger partial charge in [-0.3, -0.25) is 9.10 Å². The van der Waals surface area contributed by atoms with E-state index in [4.69, 9.17) is 23.2 Å². The van der Waals surface area contributed by atoms with Crippen molar-refractivity contribution in [2.24, 2.45) is 0 Å². The van der Waals surface area contributed by atoms with Gasteiger partial charge in [0.25, 0.3) is 5.91 Å². The van der Waals surface area contributed by atoms with Gasteiger partial charge in [-0.2, -0.15) is 0 Å². The molecule has 0 fully saturated rings. The highest BCUT2D eigenvalue weighted by Crippen LogP contribution is 2.35. The largest absolute Gasteiger partial charge is 0.345 e. The van der Waals surface area contributed by atoms with Crippen molar-refractivity contribution in [3.8, 4) is 0 Å². The van der Waals surface area contributed by atoms with E-state index in [0.29, 0.717) is 27.7 Å². The average Bonchev–Trinajstić information content (AvgIpc) is 2.89. The zero-order valence-corrected chi connectivity index (χ0v) is 17.5. The molecule has 1 amide bonds. The molecule has 0 bridgehead atoms. The topological polar surface area (TPSA) is 66.5 Å². The van der Waals surface area contributed by atoms with Crippen LogP contribution in [0.1, 0.15) is 41.4 Å². The minimum Gasteiger partial charge on any atom is -0.345 e. The molecule has 3 rings (SSSR count). The smallest absolute Gasteiger partial charge is 0.251 e. The molecule has 1 heterocycles. The first-order chi connectivity index (χ1) is 12.6. The number of carbonyl (C=O) groups excluding carboxylic acids is 1. The Balaban J connectivity index is 1.82. The summed E-state index contributed by atoms with van der Waals surface area (Å²) in [6.45, 7) is 3.69. The third kappa shape index (κ3) is 4.08. The standard InChI is InChI=1S/C19H20Cl2N2O3S/c1-11-8-14-9-13(4-7-18(14)23(11)27(3,25)26)19(24)22-12(2)16-6-5-15(20)10-17(16)21/h4-7,9-12H,8H2,1-3H3,(H,22,24)/t11-,12+/m0/s1. The van der Waals surface area contributed by atoms with Gasteiger partial charge in [0.05, 0.1) is 18.0 Å². The van der Waals surface area contributed by atoms with E-state index in [1.807, 2.05) is 13.8 Å². The molecule has 5 nitrogen and oxygen atoms in total. The third-order valence-electron chi connectivity index (χ3n) is 4.63. The number of hydrogen-bond acceptors (Lipinski definition) is 3. The molecular formula is C19H20Cl2N2O3S. The lowest BCUT2D eigenvalue weighted by atomic mass is 10.0. The summed E-state index contributed by atoms with van der Waals surface area (Å²) in [5.41, 5.74) is 2.73. The average molecular weight is 427 g/mol. The maximum Gasteiger partial charge on any atom is 0.251 e. The quantitative estimate of drug-likeness (QED) is 0.796. The number of benzene rings is 2. The van der Waals surface area contributed by atoms with E-state index < -0.39 is 10.0 Å². The van der Waals surface area contributed by atoms with E-state index in [1.165, 1.54) is 10.6 Å². The first-order valence-corrected chi connectivity index (χ1v) is 11.1. The maximum atomic E-state index is 12.7. The molecule has 2 aromatic rings. The zero-order valence-electron chi connectivity index (χ0n) is 15.2. The van der Waals surface area contributed by atoms with Crippen LogP contribution in [0.2, 0.25) is 10.0 Å². The molecule has 27 heavy (non-hydrogen) atoms. The number of carbonyl (C=O) groups is 1. The fraction of sp³-hybridized carbons (Fsp3) is 0.316. The van der Waals surface area contributed by atoms with Crippen LogP contribution in [-0.4, -0.2) is 26.6 Å². The van der Waals surface area contributed by atoms with Crippen molar-refractivity contribution in [2.45, 2.75) is 32.4 Å². The molecule has 1 aliphatic heterocycles. The van der Waals surface area contributed by atoms with Gasteiger partial charge in [0.15, 0.2) is 0 Å². The Morgan fingerprint density at radius 3 is 2.56 bits per heavy atom. The number of rotatable bonds is 4. The van der Waals surface area contributed by atoms with Crippen molar-refractivity contribution in [1.29, 1.82) is 0 Å². The fourth-order valence-corrected chi connectivity index (χ4v) is 5.30. The Bertz CT molecular complexity index is 1010. The number of fused-ring (bicyclic) bond motifs is 1.